The Labute approximate surface area is 125 Å². The van der Waals surface area contributed by atoms with Gasteiger partial charge in [-0.05, 0) is 50.2 Å². The van der Waals surface area contributed by atoms with Gasteiger partial charge in [-0.15, -0.1) is 0 Å². The van der Waals surface area contributed by atoms with E-state index in [-0.39, 0.29) is 0 Å². The highest BCUT2D eigenvalue weighted by atomic mass is 32.1. The number of rotatable bonds is 5. The van der Waals surface area contributed by atoms with E-state index in [4.69, 9.17) is 12.2 Å². The summed E-state index contributed by atoms with van der Waals surface area (Å²) >= 11 is 5.29. The first kappa shape index (κ1) is 14.5. The summed E-state index contributed by atoms with van der Waals surface area (Å²) in [7, 11) is 0. The van der Waals surface area contributed by atoms with Crippen LogP contribution in [-0.2, 0) is 6.54 Å². The molecule has 0 saturated heterocycles. The fraction of sp³-hybridized carbons (Fsp3) is 0.333. The zero-order valence-corrected chi connectivity index (χ0v) is 12.7. The molecule has 5 heteroatoms. The lowest BCUT2D eigenvalue weighted by atomic mass is 10.2. The van der Waals surface area contributed by atoms with Crippen LogP contribution in [0, 0.1) is 13.8 Å². The van der Waals surface area contributed by atoms with Crippen LogP contribution in [0.1, 0.15) is 17.7 Å². The van der Waals surface area contributed by atoms with Crippen molar-refractivity contribution in [3.05, 3.63) is 47.8 Å². The first-order valence-electron chi connectivity index (χ1n) is 6.76. The number of nitrogens with one attached hydrogen (secondary N) is 2. The van der Waals surface area contributed by atoms with Crippen molar-refractivity contribution in [2.75, 3.05) is 11.9 Å². The summed E-state index contributed by atoms with van der Waals surface area (Å²) in [5, 5.41) is 11.4. The number of anilines is 1. The first-order valence-corrected chi connectivity index (χ1v) is 7.16. The van der Waals surface area contributed by atoms with E-state index in [1.165, 1.54) is 5.56 Å². The Bertz CT molecular complexity index is 577. The summed E-state index contributed by atoms with van der Waals surface area (Å²) in [4.78, 5) is 0. The van der Waals surface area contributed by atoms with Gasteiger partial charge in [0.1, 0.15) is 0 Å². The minimum Gasteiger partial charge on any atom is -0.362 e. The van der Waals surface area contributed by atoms with E-state index < -0.39 is 0 Å². The van der Waals surface area contributed by atoms with Crippen molar-refractivity contribution in [3.63, 3.8) is 0 Å². The quantitative estimate of drug-likeness (QED) is 0.656. The van der Waals surface area contributed by atoms with E-state index >= 15 is 0 Å². The van der Waals surface area contributed by atoms with E-state index in [1.54, 1.807) is 0 Å². The van der Waals surface area contributed by atoms with Crippen molar-refractivity contribution >= 4 is 23.0 Å². The van der Waals surface area contributed by atoms with E-state index in [2.05, 4.69) is 28.7 Å². The second kappa shape index (κ2) is 7.05. The SMILES string of the molecule is Cc1ccn(CCCNC(=S)Nc2ccccc2C)n1. The van der Waals surface area contributed by atoms with E-state index in [1.807, 2.05) is 42.1 Å². The number of aromatic nitrogens is 2. The molecule has 0 aliphatic rings. The van der Waals surface area contributed by atoms with Gasteiger partial charge in [0.05, 0.1) is 5.69 Å². The van der Waals surface area contributed by atoms with Gasteiger partial charge in [-0.25, -0.2) is 0 Å². The van der Waals surface area contributed by atoms with E-state index in [0.29, 0.717) is 5.11 Å². The minimum absolute atomic E-state index is 0.663. The zero-order chi connectivity index (χ0) is 14.4. The Morgan fingerprint density at radius 1 is 1.25 bits per heavy atom. The number of nitrogens with zero attached hydrogens (tertiary/aromatic N) is 2. The van der Waals surface area contributed by atoms with Gasteiger partial charge in [-0.2, -0.15) is 5.10 Å². The maximum atomic E-state index is 5.29. The minimum atomic E-state index is 0.663. The molecular weight excluding hydrogens is 268 g/mol. The molecule has 2 N–H and O–H groups in total. The molecule has 2 aromatic rings. The highest BCUT2D eigenvalue weighted by molar-refractivity contribution is 7.80. The Morgan fingerprint density at radius 2 is 2.05 bits per heavy atom. The predicted octanol–water partition coefficient (Wildman–Crippen LogP) is 2.88. The van der Waals surface area contributed by atoms with Crippen molar-refractivity contribution < 1.29 is 0 Å². The summed E-state index contributed by atoms with van der Waals surface area (Å²) in [6.45, 7) is 5.78. The van der Waals surface area contributed by atoms with E-state index in [0.717, 1.165) is 30.9 Å². The number of benzene rings is 1. The molecule has 0 radical (unpaired) electrons. The molecule has 1 heterocycles. The third-order valence-electron chi connectivity index (χ3n) is 3.02. The number of para-hydroxylation sites is 1. The lowest BCUT2D eigenvalue weighted by molar-refractivity contribution is 0.570. The van der Waals surface area contributed by atoms with Crippen LogP contribution in [0.4, 0.5) is 5.69 Å². The molecule has 0 aliphatic carbocycles. The van der Waals surface area contributed by atoms with Crippen LogP contribution in [0.3, 0.4) is 0 Å². The Balaban J connectivity index is 1.69. The fourth-order valence-corrected chi connectivity index (χ4v) is 2.12. The lowest BCUT2D eigenvalue weighted by Crippen LogP contribution is -2.30. The molecule has 2 rings (SSSR count). The highest BCUT2D eigenvalue weighted by Crippen LogP contribution is 2.12. The second-order valence-corrected chi connectivity index (χ2v) is 5.18. The zero-order valence-electron chi connectivity index (χ0n) is 11.9. The van der Waals surface area contributed by atoms with Crippen molar-refractivity contribution in [1.29, 1.82) is 0 Å². The van der Waals surface area contributed by atoms with Crippen molar-refractivity contribution in [1.82, 2.24) is 15.1 Å². The molecule has 0 saturated carbocycles. The lowest BCUT2D eigenvalue weighted by Gasteiger charge is -2.12. The van der Waals surface area contributed by atoms with Crippen LogP contribution in [0.15, 0.2) is 36.5 Å². The van der Waals surface area contributed by atoms with Crippen LogP contribution in [-0.4, -0.2) is 21.4 Å². The smallest absolute Gasteiger partial charge is 0.170 e. The standard InChI is InChI=1S/C15H20N4S/c1-12-6-3-4-7-14(12)17-15(20)16-9-5-10-19-11-8-13(2)18-19/h3-4,6-8,11H,5,9-10H2,1-2H3,(H2,16,17,20). The van der Waals surface area contributed by atoms with Gasteiger partial charge >= 0.3 is 0 Å². The predicted molar refractivity (Wildman–Crippen MR) is 87.0 cm³/mol. The third-order valence-corrected chi connectivity index (χ3v) is 3.26. The third kappa shape index (κ3) is 4.35. The van der Waals surface area contributed by atoms with Crippen LogP contribution in [0.2, 0.25) is 0 Å². The van der Waals surface area contributed by atoms with Gasteiger partial charge in [0.2, 0.25) is 0 Å². The normalized spacial score (nSPS) is 10.3. The molecule has 1 aromatic heterocycles. The van der Waals surface area contributed by atoms with Gasteiger partial charge in [-0.1, -0.05) is 18.2 Å². The molecule has 0 aliphatic heterocycles. The number of hydrogen-bond acceptors (Lipinski definition) is 2. The summed E-state index contributed by atoms with van der Waals surface area (Å²) in [6, 6.07) is 10.1. The molecule has 1 aromatic carbocycles. The van der Waals surface area contributed by atoms with Gasteiger partial charge in [-0.3, -0.25) is 4.68 Å². The van der Waals surface area contributed by atoms with Gasteiger partial charge in [0.15, 0.2) is 5.11 Å². The summed E-state index contributed by atoms with van der Waals surface area (Å²) < 4.78 is 1.95. The summed E-state index contributed by atoms with van der Waals surface area (Å²) in [5.41, 5.74) is 3.28. The highest BCUT2D eigenvalue weighted by Gasteiger charge is 2.00. The monoisotopic (exact) mass is 288 g/mol. The van der Waals surface area contributed by atoms with Crippen molar-refractivity contribution in [2.24, 2.45) is 0 Å². The number of aryl methyl sites for hydroxylation is 3. The maximum absolute atomic E-state index is 5.29. The van der Waals surface area contributed by atoms with E-state index in [9.17, 15) is 0 Å². The fourth-order valence-electron chi connectivity index (χ4n) is 1.91. The van der Waals surface area contributed by atoms with Gasteiger partial charge < -0.3 is 10.6 Å². The van der Waals surface area contributed by atoms with Gasteiger partial charge in [0, 0.05) is 25.0 Å². The van der Waals surface area contributed by atoms with Crippen LogP contribution in [0.25, 0.3) is 0 Å². The molecule has 0 fully saturated rings. The topological polar surface area (TPSA) is 41.9 Å². The summed E-state index contributed by atoms with van der Waals surface area (Å²) in [6.07, 6.45) is 2.98. The summed E-state index contributed by atoms with van der Waals surface area (Å²) in [5.74, 6) is 0. The Hall–Kier alpha value is -1.88. The molecule has 4 nitrogen and oxygen atoms in total. The molecule has 20 heavy (non-hydrogen) atoms. The molecular formula is C15H20N4S. The average Bonchev–Trinajstić information content (AvgIpc) is 2.83. The largest absolute Gasteiger partial charge is 0.362 e. The molecule has 0 amide bonds. The van der Waals surface area contributed by atoms with Crippen molar-refractivity contribution in [3.8, 4) is 0 Å². The van der Waals surface area contributed by atoms with Crippen LogP contribution < -0.4 is 10.6 Å². The maximum Gasteiger partial charge on any atom is 0.170 e. The molecule has 0 unspecified atom stereocenters. The molecule has 106 valence electrons. The second-order valence-electron chi connectivity index (χ2n) is 4.77. The van der Waals surface area contributed by atoms with Crippen LogP contribution >= 0.6 is 12.2 Å². The average molecular weight is 288 g/mol. The molecule has 0 spiro atoms. The number of hydrogen-bond donors (Lipinski definition) is 2. The van der Waals surface area contributed by atoms with Gasteiger partial charge in [0.25, 0.3) is 0 Å². The number of thiocarbonyl (C=S) groups is 1. The van der Waals surface area contributed by atoms with Crippen LogP contribution in [0.5, 0.6) is 0 Å². The Kier molecular flexibility index (Phi) is 5.12. The molecule has 0 bridgehead atoms. The first-order chi connectivity index (χ1) is 9.65. The van der Waals surface area contributed by atoms with Crippen molar-refractivity contribution in [2.45, 2.75) is 26.8 Å². The molecule has 0 atom stereocenters. The Morgan fingerprint density at radius 3 is 2.75 bits per heavy atom.